The lowest BCUT2D eigenvalue weighted by molar-refractivity contribution is -0.140. The van der Waals surface area contributed by atoms with Gasteiger partial charge in [-0.3, -0.25) is 9.69 Å². The molecule has 0 amide bonds. The molecule has 1 aromatic heterocycles. The van der Waals surface area contributed by atoms with Gasteiger partial charge >= 0.3 is 5.97 Å². The van der Waals surface area contributed by atoms with Crippen molar-refractivity contribution in [2.75, 3.05) is 13.1 Å². The standard InChI is InChI=1S/C11H19N5.C4H8O2.C2H6/c1-9-2-4-11(5-3-9)7-16(8-11)6-10-12-14-15-13-10;1-3(2)4(5)6;1-2/h9H,2-8H2,1H3,(H,12,13,14,15);3H,1-2H3,(H,5,6);1-2H3. The van der Waals surface area contributed by atoms with Crippen molar-refractivity contribution < 1.29 is 9.90 Å². The molecule has 0 radical (unpaired) electrons. The molecule has 2 heterocycles. The Kier molecular flexibility index (Phi) is 8.31. The molecule has 0 unspecified atom stereocenters. The summed E-state index contributed by atoms with van der Waals surface area (Å²) in [5.74, 6) is 0.788. The first-order valence-electron chi connectivity index (χ1n) is 9.08. The Labute approximate surface area is 145 Å². The van der Waals surface area contributed by atoms with Gasteiger partial charge < -0.3 is 5.11 Å². The van der Waals surface area contributed by atoms with Gasteiger partial charge in [-0.05, 0) is 24.2 Å². The van der Waals surface area contributed by atoms with Gasteiger partial charge in [0.25, 0.3) is 0 Å². The minimum Gasteiger partial charge on any atom is -0.481 e. The Morgan fingerprint density at radius 1 is 1.33 bits per heavy atom. The lowest BCUT2D eigenvalue weighted by atomic mass is 9.66. The molecule has 0 aromatic carbocycles. The summed E-state index contributed by atoms with van der Waals surface area (Å²) < 4.78 is 0. The molecule has 138 valence electrons. The largest absolute Gasteiger partial charge is 0.481 e. The van der Waals surface area contributed by atoms with Crippen LogP contribution in [0.15, 0.2) is 0 Å². The third-order valence-corrected chi connectivity index (χ3v) is 4.70. The smallest absolute Gasteiger partial charge is 0.305 e. The normalized spacial score (nSPS) is 19.8. The van der Waals surface area contributed by atoms with Crippen molar-refractivity contribution in [1.29, 1.82) is 0 Å². The zero-order chi connectivity index (χ0) is 18.2. The molecule has 7 nitrogen and oxygen atoms in total. The Hall–Kier alpha value is -1.50. The third kappa shape index (κ3) is 6.19. The lowest BCUT2D eigenvalue weighted by Crippen LogP contribution is -2.56. The summed E-state index contributed by atoms with van der Waals surface area (Å²) in [6.07, 6.45) is 5.65. The third-order valence-electron chi connectivity index (χ3n) is 4.70. The molecule has 24 heavy (non-hydrogen) atoms. The highest BCUT2D eigenvalue weighted by atomic mass is 16.4. The van der Waals surface area contributed by atoms with E-state index in [1.54, 1.807) is 13.8 Å². The number of aliphatic carboxylic acids is 1. The minimum absolute atomic E-state index is 0.231. The number of aromatic amines is 1. The quantitative estimate of drug-likeness (QED) is 0.879. The Balaban J connectivity index is 0.000000309. The zero-order valence-corrected chi connectivity index (χ0v) is 15.7. The Morgan fingerprint density at radius 2 is 1.88 bits per heavy atom. The summed E-state index contributed by atoms with van der Waals surface area (Å²) in [6.45, 7) is 13.0. The van der Waals surface area contributed by atoms with Gasteiger partial charge in [0.15, 0.2) is 5.82 Å². The fourth-order valence-electron chi connectivity index (χ4n) is 3.15. The second-order valence-corrected chi connectivity index (χ2v) is 7.15. The molecular formula is C17H33N5O2. The number of likely N-dealkylation sites (tertiary alicyclic amines) is 1. The van der Waals surface area contributed by atoms with Crippen LogP contribution < -0.4 is 0 Å². The van der Waals surface area contributed by atoms with Crippen molar-refractivity contribution in [3.63, 3.8) is 0 Å². The van der Waals surface area contributed by atoms with Gasteiger partial charge in [0.2, 0.25) is 0 Å². The predicted octanol–water partition coefficient (Wildman–Crippen LogP) is 2.97. The first-order valence-corrected chi connectivity index (χ1v) is 9.08. The van der Waals surface area contributed by atoms with Gasteiger partial charge in [-0.15, -0.1) is 10.2 Å². The van der Waals surface area contributed by atoms with Crippen LogP contribution in [0.4, 0.5) is 0 Å². The molecule has 1 saturated heterocycles. The monoisotopic (exact) mass is 339 g/mol. The number of hydrogen-bond donors (Lipinski definition) is 2. The highest BCUT2D eigenvalue weighted by Crippen LogP contribution is 2.45. The van der Waals surface area contributed by atoms with Crippen LogP contribution in [0.2, 0.25) is 0 Å². The molecule has 2 fully saturated rings. The second-order valence-electron chi connectivity index (χ2n) is 7.15. The average molecular weight is 339 g/mol. The number of H-pyrrole nitrogens is 1. The molecule has 7 heteroatoms. The van der Waals surface area contributed by atoms with Crippen LogP contribution >= 0.6 is 0 Å². The minimum atomic E-state index is -0.741. The van der Waals surface area contributed by atoms with Gasteiger partial charge in [-0.25, -0.2) is 0 Å². The summed E-state index contributed by atoms with van der Waals surface area (Å²) in [4.78, 5) is 12.1. The van der Waals surface area contributed by atoms with E-state index in [4.69, 9.17) is 5.11 Å². The molecule has 3 rings (SSSR count). The number of aromatic nitrogens is 4. The van der Waals surface area contributed by atoms with Gasteiger partial charge in [-0.1, -0.05) is 52.7 Å². The predicted molar refractivity (Wildman–Crippen MR) is 93.3 cm³/mol. The Morgan fingerprint density at radius 3 is 2.29 bits per heavy atom. The molecule has 0 atom stereocenters. The summed E-state index contributed by atoms with van der Waals surface area (Å²) in [5, 5.41) is 22.1. The van der Waals surface area contributed by atoms with Crippen LogP contribution in [0, 0.1) is 17.3 Å². The van der Waals surface area contributed by atoms with Crippen LogP contribution in [0.1, 0.15) is 66.1 Å². The van der Waals surface area contributed by atoms with E-state index in [0.29, 0.717) is 5.41 Å². The van der Waals surface area contributed by atoms with Crippen LogP contribution in [-0.2, 0) is 11.3 Å². The van der Waals surface area contributed by atoms with Crippen molar-refractivity contribution in [3.8, 4) is 0 Å². The van der Waals surface area contributed by atoms with Crippen LogP contribution in [0.25, 0.3) is 0 Å². The first kappa shape index (κ1) is 20.5. The van der Waals surface area contributed by atoms with E-state index in [9.17, 15) is 4.79 Å². The first-order chi connectivity index (χ1) is 11.4. The van der Waals surface area contributed by atoms with E-state index in [2.05, 4.69) is 32.4 Å². The van der Waals surface area contributed by atoms with E-state index in [1.807, 2.05) is 13.8 Å². The fraction of sp³-hybridized carbons (Fsp3) is 0.882. The van der Waals surface area contributed by atoms with Gasteiger partial charge in [-0.2, -0.15) is 5.21 Å². The number of hydrogen-bond acceptors (Lipinski definition) is 5. The van der Waals surface area contributed by atoms with Crippen molar-refractivity contribution >= 4 is 5.97 Å². The van der Waals surface area contributed by atoms with E-state index in [-0.39, 0.29) is 5.92 Å². The summed E-state index contributed by atoms with van der Waals surface area (Å²) >= 11 is 0. The number of tetrazole rings is 1. The summed E-state index contributed by atoms with van der Waals surface area (Å²) in [7, 11) is 0. The number of carboxylic acid groups (broad SMARTS) is 1. The molecule has 0 bridgehead atoms. The second kappa shape index (κ2) is 9.71. The maximum atomic E-state index is 9.70. The molecular weight excluding hydrogens is 306 g/mol. The molecule has 1 saturated carbocycles. The maximum Gasteiger partial charge on any atom is 0.305 e. The van der Waals surface area contributed by atoms with Crippen molar-refractivity contribution in [1.82, 2.24) is 25.5 Å². The van der Waals surface area contributed by atoms with E-state index in [0.717, 1.165) is 18.3 Å². The molecule has 1 spiro atoms. The van der Waals surface area contributed by atoms with E-state index in [1.165, 1.54) is 38.8 Å². The number of nitrogens with zero attached hydrogens (tertiary/aromatic N) is 4. The van der Waals surface area contributed by atoms with Crippen molar-refractivity contribution in [3.05, 3.63) is 5.82 Å². The summed E-state index contributed by atoms with van der Waals surface area (Å²) in [5.41, 5.74) is 0.635. The fourth-order valence-corrected chi connectivity index (χ4v) is 3.15. The average Bonchev–Trinajstić information content (AvgIpc) is 3.04. The SMILES string of the molecule is CC.CC(C)C(=O)O.CC1CCC2(CC1)CN(Cc1nn[nH]n1)C2. The highest BCUT2D eigenvalue weighted by Gasteiger charge is 2.44. The molecule has 1 aliphatic heterocycles. The number of rotatable bonds is 3. The Bertz CT molecular complexity index is 459. The van der Waals surface area contributed by atoms with Gasteiger partial charge in [0.05, 0.1) is 12.5 Å². The summed E-state index contributed by atoms with van der Waals surface area (Å²) in [6, 6.07) is 0. The van der Waals surface area contributed by atoms with Crippen molar-refractivity contribution in [2.24, 2.45) is 17.3 Å². The lowest BCUT2D eigenvalue weighted by Gasteiger charge is -2.53. The van der Waals surface area contributed by atoms with Crippen LogP contribution in [-0.4, -0.2) is 49.7 Å². The van der Waals surface area contributed by atoms with E-state index < -0.39 is 5.97 Å². The molecule has 2 aliphatic rings. The highest BCUT2D eigenvalue weighted by molar-refractivity contribution is 5.68. The number of carboxylic acids is 1. The maximum absolute atomic E-state index is 9.70. The van der Waals surface area contributed by atoms with Gasteiger partial charge in [0, 0.05) is 13.1 Å². The molecule has 1 aliphatic carbocycles. The molecule has 1 aromatic rings. The van der Waals surface area contributed by atoms with Gasteiger partial charge in [0.1, 0.15) is 0 Å². The van der Waals surface area contributed by atoms with Crippen molar-refractivity contribution in [2.45, 2.75) is 66.8 Å². The topological polar surface area (TPSA) is 95.0 Å². The number of carbonyl (C=O) groups is 1. The molecule has 2 N–H and O–H groups in total. The zero-order valence-electron chi connectivity index (χ0n) is 15.7. The van der Waals surface area contributed by atoms with E-state index >= 15 is 0 Å². The van der Waals surface area contributed by atoms with Crippen LogP contribution in [0.3, 0.4) is 0 Å². The van der Waals surface area contributed by atoms with Crippen LogP contribution in [0.5, 0.6) is 0 Å². The number of nitrogens with one attached hydrogen (secondary N) is 1.